The van der Waals surface area contributed by atoms with E-state index < -0.39 is 10.0 Å². The van der Waals surface area contributed by atoms with E-state index in [0.717, 1.165) is 15.4 Å². The Balaban J connectivity index is 1.90. The topological polar surface area (TPSA) is 90.3 Å². The number of nitriles is 1. The minimum absolute atomic E-state index is 0.122. The van der Waals surface area contributed by atoms with Gasteiger partial charge in [0.15, 0.2) is 0 Å². The molecule has 0 aromatic heterocycles. The Morgan fingerprint density at radius 1 is 1.04 bits per heavy atom. The number of aryl methyl sites for hydroxylation is 1. The van der Waals surface area contributed by atoms with Crippen molar-refractivity contribution >= 4 is 21.6 Å². The maximum atomic E-state index is 12.0. The van der Waals surface area contributed by atoms with Crippen LogP contribution in [0.5, 0.6) is 0 Å². The van der Waals surface area contributed by atoms with Gasteiger partial charge in [-0.25, -0.2) is 12.7 Å². The number of nitrogens with zero attached hydrogens (tertiary/aromatic N) is 2. The monoisotopic (exact) mass is 371 g/mol. The minimum Gasteiger partial charge on any atom is -0.326 e. The molecule has 26 heavy (non-hydrogen) atoms. The second-order valence-corrected chi connectivity index (χ2v) is 8.16. The quantitative estimate of drug-likeness (QED) is 0.810. The largest absolute Gasteiger partial charge is 0.326 e. The molecule has 0 heterocycles. The molecule has 0 bridgehead atoms. The molecule has 6 nitrogen and oxygen atoms in total. The lowest BCUT2D eigenvalue weighted by molar-refractivity contribution is -0.116. The molecule has 0 aliphatic carbocycles. The Hall–Kier alpha value is -2.69. The zero-order valence-corrected chi connectivity index (χ0v) is 15.6. The number of hydrogen-bond donors (Lipinski definition) is 1. The predicted octanol–water partition coefficient (Wildman–Crippen LogP) is 2.57. The third-order valence-corrected chi connectivity index (χ3v) is 5.69. The van der Waals surface area contributed by atoms with Crippen molar-refractivity contribution in [3.05, 3.63) is 59.7 Å². The van der Waals surface area contributed by atoms with Gasteiger partial charge < -0.3 is 5.32 Å². The SMILES string of the molecule is CN(C)S(=O)(=O)c1ccc(CCC(=O)Nc2ccc(CC#N)cc2)cc1. The highest BCUT2D eigenvalue weighted by Gasteiger charge is 2.16. The fourth-order valence-electron chi connectivity index (χ4n) is 2.32. The van der Waals surface area contributed by atoms with Crippen LogP contribution in [0.4, 0.5) is 5.69 Å². The number of amides is 1. The normalized spacial score (nSPS) is 11.2. The van der Waals surface area contributed by atoms with E-state index in [1.165, 1.54) is 14.1 Å². The van der Waals surface area contributed by atoms with E-state index in [4.69, 9.17) is 5.26 Å². The van der Waals surface area contributed by atoms with Crippen LogP contribution >= 0.6 is 0 Å². The maximum Gasteiger partial charge on any atom is 0.242 e. The van der Waals surface area contributed by atoms with E-state index in [-0.39, 0.29) is 10.8 Å². The average Bonchev–Trinajstić information content (AvgIpc) is 2.62. The molecule has 0 radical (unpaired) electrons. The van der Waals surface area contributed by atoms with Crippen molar-refractivity contribution < 1.29 is 13.2 Å². The van der Waals surface area contributed by atoms with E-state index in [2.05, 4.69) is 11.4 Å². The van der Waals surface area contributed by atoms with Gasteiger partial charge in [0.25, 0.3) is 0 Å². The van der Waals surface area contributed by atoms with Gasteiger partial charge in [0.2, 0.25) is 15.9 Å². The summed E-state index contributed by atoms with van der Waals surface area (Å²) in [4.78, 5) is 12.3. The van der Waals surface area contributed by atoms with Gasteiger partial charge in [-0.05, 0) is 41.8 Å². The lowest BCUT2D eigenvalue weighted by Crippen LogP contribution is -2.22. The van der Waals surface area contributed by atoms with Crippen LogP contribution in [-0.2, 0) is 27.7 Å². The summed E-state index contributed by atoms with van der Waals surface area (Å²) in [5.74, 6) is -0.122. The number of hydrogen-bond acceptors (Lipinski definition) is 4. The summed E-state index contributed by atoms with van der Waals surface area (Å²) >= 11 is 0. The van der Waals surface area contributed by atoms with Gasteiger partial charge >= 0.3 is 0 Å². The maximum absolute atomic E-state index is 12.0. The molecule has 2 aromatic rings. The van der Waals surface area contributed by atoms with E-state index in [9.17, 15) is 13.2 Å². The summed E-state index contributed by atoms with van der Waals surface area (Å²) in [7, 11) is -0.466. The Bertz CT molecular complexity index is 897. The average molecular weight is 371 g/mol. The molecule has 0 fully saturated rings. The first-order chi connectivity index (χ1) is 12.3. The number of nitrogens with one attached hydrogen (secondary N) is 1. The number of carbonyl (C=O) groups excluding carboxylic acids is 1. The van der Waals surface area contributed by atoms with Gasteiger partial charge in [-0.1, -0.05) is 24.3 Å². The molecule has 0 saturated heterocycles. The third kappa shape index (κ3) is 5.15. The molecule has 136 valence electrons. The van der Waals surface area contributed by atoms with Gasteiger partial charge in [0, 0.05) is 26.2 Å². The predicted molar refractivity (Wildman–Crippen MR) is 100 cm³/mol. The first-order valence-corrected chi connectivity index (χ1v) is 9.54. The summed E-state index contributed by atoms with van der Waals surface area (Å²) in [5.41, 5.74) is 2.48. The molecule has 2 aromatic carbocycles. The molecular weight excluding hydrogens is 350 g/mol. The van der Waals surface area contributed by atoms with Gasteiger partial charge in [-0.2, -0.15) is 5.26 Å². The molecule has 0 aliphatic rings. The lowest BCUT2D eigenvalue weighted by Gasteiger charge is -2.11. The van der Waals surface area contributed by atoms with Crippen LogP contribution in [0.1, 0.15) is 17.5 Å². The minimum atomic E-state index is -3.44. The van der Waals surface area contributed by atoms with Crippen LogP contribution in [0.2, 0.25) is 0 Å². The first-order valence-electron chi connectivity index (χ1n) is 8.10. The second-order valence-electron chi connectivity index (χ2n) is 6.01. The molecule has 1 amide bonds. The number of anilines is 1. The first kappa shape index (κ1) is 19.6. The zero-order chi connectivity index (χ0) is 19.2. The van der Waals surface area contributed by atoms with Crippen LogP contribution in [0, 0.1) is 11.3 Å². The summed E-state index contributed by atoms with van der Waals surface area (Å²) in [6.07, 6.45) is 1.15. The summed E-state index contributed by atoms with van der Waals surface area (Å²) in [6.45, 7) is 0. The lowest BCUT2D eigenvalue weighted by atomic mass is 10.1. The molecule has 0 unspecified atom stereocenters. The Morgan fingerprint density at radius 2 is 1.62 bits per heavy atom. The highest BCUT2D eigenvalue weighted by Crippen LogP contribution is 2.15. The van der Waals surface area contributed by atoms with Crippen LogP contribution in [-0.4, -0.2) is 32.7 Å². The van der Waals surface area contributed by atoms with Crippen molar-refractivity contribution in [2.24, 2.45) is 0 Å². The highest BCUT2D eigenvalue weighted by molar-refractivity contribution is 7.89. The fourth-order valence-corrected chi connectivity index (χ4v) is 3.22. The van der Waals surface area contributed by atoms with Crippen LogP contribution < -0.4 is 5.32 Å². The number of rotatable bonds is 7. The number of carbonyl (C=O) groups is 1. The summed E-state index contributed by atoms with van der Waals surface area (Å²) < 4.78 is 25.2. The molecule has 1 N–H and O–H groups in total. The number of sulfonamides is 1. The third-order valence-electron chi connectivity index (χ3n) is 3.86. The van der Waals surface area contributed by atoms with Gasteiger partial charge in [-0.3, -0.25) is 4.79 Å². The van der Waals surface area contributed by atoms with Gasteiger partial charge in [-0.15, -0.1) is 0 Å². The van der Waals surface area contributed by atoms with Crippen molar-refractivity contribution in [2.45, 2.75) is 24.2 Å². The number of benzene rings is 2. The van der Waals surface area contributed by atoms with Crippen molar-refractivity contribution in [1.82, 2.24) is 4.31 Å². The Morgan fingerprint density at radius 3 is 2.15 bits per heavy atom. The van der Waals surface area contributed by atoms with Crippen molar-refractivity contribution in [2.75, 3.05) is 19.4 Å². The smallest absolute Gasteiger partial charge is 0.242 e. The Kier molecular flexibility index (Phi) is 6.50. The van der Waals surface area contributed by atoms with Crippen molar-refractivity contribution in [3.8, 4) is 6.07 Å². The van der Waals surface area contributed by atoms with E-state index >= 15 is 0 Å². The van der Waals surface area contributed by atoms with Crippen LogP contribution in [0.3, 0.4) is 0 Å². The van der Waals surface area contributed by atoms with Gasteiger partial charge in [0.1, 0.15) is 0 Å². The second kappa shape index (κ2) is 8.61. The van der Waals surface area contributed by atoms with Gasteiger partial charge in [0.05, 0.1) is 17.4 Å². The summed E-state index contributed by atoms with van der Waals surface area (Å²) in [6, 6.07) is 15.8. The Labute approximate surface area is 154 Å². The standard InChI is InChI=1S/C19H21N3O3S/c1-22(2)26(24,25)18-10-5-15(6-11-18)7-12-19(23)21-17-8-3-16(4-9-17)13-14-20/h3-6,8-11H,7,12-13H2,1-2H3,(H,21,23). The van der Waals surface area contributed by atoms with Crippen molar-refractivity contribution in [3.63, 3.8) is 0 Å². The molecule has 0 aliphatic heterocycles. The van der Waals surface area contributed by atoms with Crippen molar-refractivity contribution in [1.29, 1.82) is 5.26 Å². The fraction of sp³-hybridized carbons (Fsp3) is 0.263. The molecule has 7 heteroatoms. The van der Waals surface area contributed by atoms with E-state index in [1.54, 1.807) is 36.4 Å². The highest BCUT2D eigenvalue weighted by atomic mass is 32.2. The molecule has 2 rings (SSSR count). The molecule has 0 saturated carbocycles. The van der Waals surface area contributed by atoms with E-state index in [1.807, 2.05) is 12.1 Å². The van der Waals surface area contributed by atoms with E-state index in [0.29, 0.717) is 24.9 Å². The zero-order valence-electron chi connectivity index (χ0n) is 14.8. The molecule has 0 atom stereocenters. The van der Waals surface area contributed by atoms with Crippen LogP contribution in [0.15, 0.2) is 53.4 Å². The van der Waals surface area contributed by atoms with Crippen LogP contribution in [0.25, 0.3) is 0 Å². The molecular formula is C19H21N3O3S. The molecule has 0 spiro atoms. The summed E-state index contributed by atoms with van der Waals surface area (Å²) in [5, 5.41) is 11.5.